The molecule has 84 valence electrons. The molecule has 0 amide bonds. The molecule has 0 atom stereocenters. The van der Waals surface area contributed by atoms with Gasteiger partial charge in [0.15, 0.2) is 0 Å². The minimum atomic E-state index is 0.0877. The Bertz CT molecular complexity index is 353. The average molecular weight is 207 g/mol. The standard InChI is InChI=1S/C12H21N3/c1-8(2)15-10(9-6-7-9)13-14-11(15)12(3,4)5/h8-9H,6-7H2,1-5H3. The van der Waals surface area contributed by atoms with E-state index in [4.69, 9.17) is 0 Å². The van der Waals surface area contributed by atoms with Gasteiger partial charge in [-0.25, -0.2) is 0 Å². The summed E-state index contributed by atoms with van der Waals surface area (Å²) in [5, 5.41) is 8.76. The van der Waals surface area contributed by atoms with E-state index in [1.165, 1.54) is 18.7 Å². The molecule has 1 aromatic heterocycles. The predicted octanol–water partition coefficient (Wildman–Crippen LogP) is 3.03. The van der Waals surface area contributed by atoms with Crippen LogP contribution in [0.3, 0.4) is 0 Å². The van der Waals surface area contributed by atoms with Crippen LogP contribution in [-0.2, 0) is 5.41 Å². The van der Waals surface area contributed by atoms with Gasteiger partial charge in [0.1, 0.15) is 11.6 Å². The lowest BCUT2D eigenvalue weighted by molar-refractivity contribution is 0.460. The molecule has 1 saturated carbocycles. The first-order chi connectivity index (χ1) is 6.91. The fourth-order valence-electron chi connectivity index (χ4n) is 1.94. The molecule has 1 fully saturated rings. The first-order valence-corrected chi connectivity index (χ1v) is 5.86. The van der Waals surface area contributed by atoms with Crippen molar-refractivity contribution in [3.05, 3.63) is 11.6 Å². The Morgan fingerprint density at radius 3 is 2.20 bits per heavy atom. The molecule has 1 aliphatic rings. The van der Waals surface area contributed by atoms with Crippen LogP contribution in [0.2, 0.25) is 0 Å². The van der Waals surface area contributed by atoms with Crippen molar-refractivity contribution in [3.8, 4) is 0 Å². The highest BCUT2D eigenvalue weighted by atomic mass is 15.3. The van der Waals surface area contributed by atoms with Crippen LogP contribution in [0.25, 0.3) is 0 Å². The van der Waals surface area contributed by atoms with Gasteiger partial charge in [0.05, 0.1) is 0 Å². The summed E-state index contributed by atoms with van der Waals surface area (Å²) in [6.07, 6.45) is 2.57. The van der Waals surface area contributed by atoms with Crippen LogP contribution in [0.5, 0.6) is 0 Å². The maximum atomic E-state index is 4.38. The Morgan fingerprint density at radius 2 is 1.80 bits per heavy atom. The summed E-state index contributed by atoms with van der Waals surface area (Å²) >= 11 is 0. The highest BCUT2D eigenvalue weighted by Crippen LogP contribution is 2.41. The van der Waals surface area contributed by atoms with E-state index in [0.29, 0.717) is 12.0 Å². The normalized spacial score (nSPS) is 17.5. The summed E-state index contributed by atoms with van der Waals surface area (Å²) < 4.78 is 2.33. The van der Waals surface area contributed by atoms with Gasteiger partial charge in [-0.1, -0.05) is 20.8 Å². The monoisotopic (exact) mass is 207 g/mol. The number of hydrogen-bond acceptors (Lipinski definition) is 2. The molecule has 15 heavy (non-hydrogen) atoms. The topological polar surface area (TPSA) is 30.7 Å². The molecule has 0 aliphatic heterocycles. The average Bonchev–Trinajstić information content (AvgIpc) is 2.81. The number of nitrogens with zero attached hydrogens (tertiary/aromatic N) is 3. The second-order valence-corrected chi connectivity index (χ2v) is 5.87. The lowest BCUT2D eigenvalue weighted by atomic mass is 9.95. The molecule has 0 radical (unpaired) electrons. The lowest BCUT2D eigenvalue weighted by Gasteiger charge is -2.22. The number of aromatic nitrogens is 3. The maximum Gasteiger partial charge on any atom is 0.138 e. The highest BCUT2D eigenvalue weighted by molar-refractivity contribution is 5.13. The molecule has 0 spiro atoms. The summed E-state index contributed by atoms with van der Waals surface area (Å²) in [5.41, 5.74) is 0.0877. The SMILES string of the molecule is CC(C)n1c(C2CC2)nnc1C(C)(C)C. The first-order valence-electron chi connectivity index (χ1n) is 5.86. The highest BCUT2D eigenvalue weighted by Gasteiger charge is 2.33. The van der Waals surface area contributed by atoms with E-state index in [2.05, 4.69) is 49.4 Å². The van der Waals surface area contributed by atoms with Crippen molar-refractivity contribution >= 4 is 0 Å². The van der Waals surface area contributed by atoms with E-state index in [1.54, 1.807) is 0 Å². The van der Waals surface area contributed by atoms with Gasteiger partial charge in [0.25, 0.3) is 0 Å². The second-order valence-electron chi connectivity index (χ2n) is 5.87. The third kappa shape index (κ3) is 1.92. The molecule has 0 N–H and O–H groups in total. The van der Waals surface area contributed by atoms with Gasteiger partial charge < -0.3 is 4.57 Å². The molecule has 0 unspecified atom stereocenters. The van der Waals surface area contributed by atoms with E-state index in [1.807, 2.05) is 0 Å². The lowest BCUT2D eigenvalue weighted by Crippen LogP contribution is -2.21. The third-order valence-corrected chi connectivity index (χ3v) is 2.85. The van der Waals surface area contributed by atoms with Gasteiger partial charge in [-0.2, -0.15) is 0 Å². The third-order valence-electron chi connectivity index (χ3n) is 2.85. The number of rotatable bonds is 2. The van der Waals surface area contributed by atoms with Crippen LogP contribution in [0.15, 0.2) is 0 Å². The Kier molecular flexibility index (Phi) is 2.36. The van der Waals surface area contributed by atoms with Crippen LogP contribution in [0.1, 0.15) is 71.1 Å². The summed E-state index contributed by atoms with van der Waals surface area (Å²) in [7, 11) is 0. The van der Waals surface area contributed by atoms with E-state index in [9.17, 15) is 0 Å². The fourth-order valence-corrected chi connectivity index (χ4v) is 1.94. The largest absolute Gasteiger partial charge is 0.312 e. The zero-order chi connectivity index (χ0) is 11.2. The molecular formula is C12H21N3. The molecule has 1 aliphatic carbocycles. The second kappa shape index (κ2) is 3.32. The van der Waals surface area contributed by atoms with Crippen LogP contribution in [-0.4, -0.2) is 14.8 Å². The van der Waals surface area contributed by atoms with Crippen molar-refractivity contribution in [2.45, 2.75) is 64.8 Å². The Morgan fingerprint density at radius 1 is 1.20 bits per heavy atom. The Labute approximate surface area is 91.9 Å². The summed E-state index contributed by atoms with van der Waals surface area (Å²) in [6.45, 7) is 11.0. The molecule has 3 nitrogen and oxygen atoms in total. The summed E-state index contributed by atoms with van der Waals surface area (Å²) in [5.74, 6) is 3.00. The van der Waals surface area contributed by atoms with E-state index in [0.717, 1.165) is 5.82 Å². The molecule has 2 rings (SSSR count). The molecule has 0 saturated heterocycles. The Balaban J connectivity index is 2.46. The van der Waals surface area contributed by atoms with Gasteiger partial charge in [-0.05, 0) is 26.7 Å². The van der Waals surface area contributed by atoms with Crippen LogP contribution >= 0.6 is 0 Å². The van der Waals surface area contributed by atoms with Crippen molar-refractivity contribution in [3.63, 3.8) is 0 Å². The van der Waals surface area contributed by atoms with Crippen molar-refractivity contribution < 1.29 is 0 Å². The van der Waals surface area contributed by atoms with Gasteiger partial charge in [0, 0.05) is 17.4 Å². The van der Waals surface area contributed by atoms with E-state index in [-0.39, 0.29) is 5.41 Å². The Hall–Kier alpha value is -0.860. The minimum Gasteiger partial charge on any atom is -0.312 e. The van der Waals surface area contributed by atoms with Crippen molar-refractivity contribution in [1.29, 1.82) is 0 Å². The van der Waals surface area contributed by atoms with Crippen LogP contribution in [0.4, 0.5) is 0 Å². The molecule has 3 heteroatoms. The molecule has 0 bridgehead atoms. The van der Waals surface area contributed by atoms with E-state index >= 15 is 0 Å². The van der Waals surface area contributed by atoms with Gasteiger partial charge in [-0.3, -0.25) is 0 Å². The zero-order valence-electron chi connectivity index (χ0n) is 10.4. The zero-order valence-corrected chi connectivity index (χ0v) is 10.4. The fraction of sp³-hybridized carbons (Fsp3) is 0.833. The quantitative estimate of drug-likeness (QED) is 0.746. The van der Waals surface area contributed by atoms with Crippen molar-refractivity contribution in [2.75, 3.05) is 0 Å². The summed E-state index contributed by atoms with van der Waals surface area (Å²) in [6, 6.07) is 0.463. The predicted molar refractivity (Wildman–Crippen MR) is 61.1 cm³/mol. The van der Waals surface area contributed by atoms with E-state index < -0.39 is 0 Å². The minimum absolute atomic E-state index is 0.0877. The van der Waals surface area contributed by atoms with Gasteiger partial charge >= 0.3 is 0 Å². The molecule has 1 aromatic rings. The van der Waals surface area contributed by atoms with Gasteiger partial charge in [-0.15, -0.1) is 10.2 Å². The molecule has 1 heterocycles. The smallest absolute Gasteiger partial charge is 0.138 e. The maximum absolute atomic E-state index is 4.38. The van der Waals surface area contributed by atoms with Gasteiger partial charge in [0.2, 0.25) is 0 Å². The van der Waals surface area contributed by atoms with Crippen LogP contribution in [0, 0.1) is 0 Å². The number of hydrogen-bond donors (Lipinski definition) is 0. The molecular weight excluding hydrogens is 186 g/mol. The molecule has 0 aromatic carbocycles. The summed E-state index contributed by atoms with van der Waals surface area (Å²) in [4.78, 5) is 0. The van der Waals surface area contributed by atoms with Crippen molar-refractivity contribution in [2.24, 2.45) is 0 Å². The van der Waals surface area contributed by atoms with Crippen molar-refractivity contribution in [1.82, 2.24) is 14.8 Å². The first kappa shape index (κ1) is 10.7. The van der Waals surface area contributed by atoms with Crippen LogP contribution < -0.4 is 0 Å².